The number of rotatable bonds is 3. The van der Waals surface area contributed by atoms with Gasteiger partial charge in [0.2, 0.25) is 11.8 Å². The molecular weight excluding hydrogens is 388 g/mol. The summed E-state index contributed by atoms with van der Waals surface area (Å²) in [4.78, 5) is 39.8. The van der Waals surface area contributed by atoms with E-state index in [1.165, 1.54) is 4.90 Å². The van der Waals surface area contributed by atoms with E-state index in [9.17, 15) is 14.4 Å². The summed E-state index contributed by atoms with van der Waals surface area (Å²) in [6.45, 7) is 1.84. The normalized spacial score (nSPS) is 27.4. The first-order valence-corrected chi connectivity index (χ1v) is 10.4. The first kappa shape index (κ1) is 18.4. The van der Waals surface area contributed by atoms with Crippen molar-refractivity contribution in [2.24, 2.45) is 23.7 Å². The maximum Gasteiger partial charge on any atom is 0.255 e. The fourth-order valence-electron chi connectivity index (χ4n) is 5.36. The van der Waals surface area contributed by atoms with Crippen molar-refractivity contribution in [2.75, 3.05) is 10.2 Å². The number of hydrogen-bond acceptors (Lipinski definition) is 3. The first-order chi connectivity index (χ1) is 14.0. The number of hydrogen-bond donors (Lipinski definition) is 1. The monoisotopic (exact) mass is 408 g/mol. The highest BCUT2D eigenvalue weighted by molar-refractivity contribution is 6.31. The molecule has 2 bridgehead atoms. The minimum Gasteiger partial charge on any atom is -0.322 e. The van der Waals surface area contributed by atoms with Crippen LogP contribution in [0.4, 0.5) is 11.4 Å². The van der Waals surface area contributed by atoms with E-state index in [0.717, 1.165) is 24.8 Å². The molecule has 2 aromatic carbocycles. The molecule has 1 aliphatic heterocycles. The highest BCUT2D eigenvalue weighted by Gasteiger charge is 2.61. The molecule has 2 aromatic rings. The molecule has 29 heavy (non-hydrogen) atoms. The van der Waals surface area contributed by atoms with Gasteiger partial charge in [0.25, 0.3) is 5.91 Å². The van der Waals surface area contributed by atoms with Crippen molar-refractivity contribution in [3.05, 3.63) is 58.6 Å². The van der Waals surface area contributed by atoms with Crippen LogP contribution in [-0.4, -0.2) is 17.7 Å². The molecular formula is C23H21ClN2O3. The molecule has 2 aliphatic carbocycles. The number of nitrogens with zero attached hydrogens (tertiary/aromatic N) is 1. The van der Waals surface area contributed by atoms with Gasteiger partial charge < -0.3 is 5.32 Å². The lowest BCUT2D eigenvalue weighted by atomic mass is 9.81. The van der Waals surface area contributed by atoms with Gasteiger partial charge in [-0.1, -0.05) is 17.7 Å². The third-order valence-electron chi connectivity index (χ3n) is 6.83. The van der Waals surface area contributed by atoms with E-state index in [4.69, 9.17) is 11.6 Å². The summed E-state index contributed by atoms with van der Waals surface area (Å²) in [7, 11) is 0. The number of carbonyl (C=O) groups excluding carboxylic acids is 3. The van der Waals surface area contributed by atoms with Crippen molar-refractivity contribution in [3.63, 3.8) is 0 Å². The standard InChI is InChI=1S/C23H21ClN2O3/c1-12-17(24)3-2-4-18(12)25-21(27)13-7-9-16(10-8-13)26-22(28)19-14-5-6-15(11-14)20(19)23(26)29/h2-4,7-10,14-15,19-20H,5-6,11H2,1H3,(H,25,27)/t14-,15-,19-,20+/m0/s1. The lowest BCUT2D eigenvalue weighted by Crippen LogP contribution is -2.32. The highest BCUT2D eigenvalue weighted by atomic mass is 35.5. The zero-order valence-electron chi connectivity index (χ0n) is 16.0. The van der Waals surface area contributed by atoms with Crippen molar-refractivity contribution in [1.29, 1.82) is 0 Å². The Bertz CT molecular complexity index is 1000. The number of halogens is 1. The third kappa shape index (κ3) is 2.79. The Labute approximate surface area is 174 Å². The van der Waals surface area contributed by atoms with Crippen molar-refractivity contribution >= 4 is 40.7 Å². The SMILES string of the molecule is Cc1c(Cl)cccc1NC(=O)c1ccc(N2C(=O)[C@@H]3[C@H]4CC[C@@H](C4)[C@@H]3C2=O)cc1. The molecule has 3 amide bonds. The molecule has 5 nitrogen and oxygen atoms in total. The molecule has 1 saturated heterocycles. The predicted molar refractivity (Wildman–Crippen MR) is 111 cm³/mol. The van der Waals surface area contributed by atoms with Crippen LogP contribution in [0.15, 0.2) is 42.5 Å². The van der Waals surface area contributed by atoms with Gasteiger partial charge in [0.15, 0.2) is 0 Å². The van der Waals surface area contributed by atoms with Crippen LogP contribution >= 0.6 is 11.6 Å². The number of fused-ring (bicyclic) bond motifs is 5. The van der Waals surface area contributed by atoms with Gasteiger partial charge in [0, 0.05) is 16.3 Å². The molecule has 0 aromatic heterocycles. The minimum atomic E-state index is -0.268. The molecule has 4 atom stereocenters. The summed E-state index contributed by atoms with van der Waals surface area (Å²) < 4.78 is 0. The number of carbonyl (C=O) groups is 3. The lowest BCUT2D eigenvalue weighted by Gasteiger charge is -2.19. The molecule has 148 valence electrons. The Balaban J connectivity index is 1.35. The van der Waals surface area contributed by atoms with Crippen molar-refractivity contribution in [3.8, 4) is 0 Å². The van der Waals surface area contributed by atoms with E-state index in [2.05, 4.69) is 5.32 Å². The van der Waals surface area contributed by atoms with Crippen LogP contribution in [0.1, 0.15) is 35.2 Å². The van der Waals surface area contributed by atoms with E-state index in [1.54, 1.807) is 42.5 Å². The second-order valence-electron chi connectivity index (χ2n) is 8.31. The summed E-state index contributed by atoms with van der Waals surface area (Å²) in [5.74, 6) is 0.0220. The lowest BCUT2D eigenvalue weighted by molar-refractivity contribution is -0.123. The van der Waals surface area contributed by atoms with Crippen LogP contribution in [0.3, 0.4) is 0 Å². The van der Waals surface area contributed by atoms with E-state index in [1.807, 2.05) is 6.92 Å². The molecule has 0 spiro atoms. The second kappa shape index (κ2) is 6.70. The third-order valence-corrected chi connectivity index (χ3v) is 7.24. The molecule has 5 rings (SSSR count). The molecule has 3 aliphatic rings. The largest absolute Gasteiger partial charge is 0.322 e. The zero-order chi connectivity index (χ0) is 20.3. The topological polar surface area (TPSA) is 66.5 Å². The Kier molecular flexibility index (Phi) is 4.24. The summed E-state index contributed by atoms with van der Waals surface area (Å²) in [6, 6.07) is 12.0. The van der Waals surface area contributed by atoms with Crippen LogP contribution in [-0.2, 0) is 9.59 Å². The summed E-state index contributed by atoms with van der Waals surface area (Å²) in [6.07, 6.45) is 3.13. The quantitative estimate of drug-likeness (QED) is 0.763. The van der Waals surface area contributed by atoms with E-state index >= 15 is 0 Å². The van der Waals surface area contributed by atoms with Crippen LogP contribution in [0, 0.1) is 30.6 Å². The van der Waals surface area contributed by atoms with Crippen molar-refractivity contribution < 1.29 is 14.4 Å². The maximum atomic E-state index is 12.9. The van der Waals surface area contributed by atoms with E-state index < -0.39 is 0 Å². The van der Waals surface area contributed by atoms with E-state index in [0.29, 0.717) is 33.8 Å². The molecule has 2 saturated carbocycles. The number of benzene rings is 2. The molecule has 0 unspecified atom stereocenters. The van der Waals surface area contributed by atoms with Gasteiger partial charge in [-0.25, -0.2) is 0 Å². The van der Waals surface area contributed by atoms with Gasteiger partial charge >= 0.3 is 0 Å². The Morgan fingerprint density at radius 2 is 1.62 bits per heavy atom. The summed E-state index contributed by atoms with van der Waals surface area (Å²) >= 11 is 6.11. The Morgan fingerprint density at radius 3 is 2.24 bits per heavy atom. The first-order valence-electron chi connectivity index (χ1n) is 10.00. The fraction of sp³-hybridized carbons (Fsp3) is 0.348. The van der Waals surface area contributed by atoms with Gasteiger partial charge in [0.05, 0.1) is 17.5 Å². The number of imide groups is 1. The second-order valence-corrected chi connectivity index (χ2v) is 8.72. The van der Waals surface area contributed by atoms with Gasteiger partial charge in [-0.05, 0) is 80.0 Å². The van der Waals surface area contributed by atoms with Gasteiger partial charge in [0.1, 0.15) is 0 Å². The van der Waals surface area contributed by atoms with Gasteiger partial charge in [-0.2, -0.15) is 0 Å². The average Bonchev–Trinajstić information content (AvgIpc) is 3.39. The number of nitrogens with one attached hydrogen (secondary N) is 1. The molecule has 3 fully saturated rings. The van der Waals surface area contributed by atoms with Crippen LogP contribution in [0.25, 0.3) is 0 Å². The van der Waals surface area contributed by atoms with Crippen molar-refractivity contribution in [1.82, 2.24) is 0 Å². The summed E-state index contributed by atoms with van der Waals surface area (Å²) in [5, 5.41) is 3.44. The van der Waals surface area contributed by atoms with E-state index in [-0.39, 0.29) is 29.6 Å². The molecule has 6 heteroatoms. The average molecular weight is 409 g/mol. The minimum absolute atomic E-state index is 0.0704. The Morgan fingerprint density at radius 1 is 1.00 bits per heavy atom. The smallest absolute Gasteiger partial charge is 0.255 e. The summed E-state index contributed by atoms with van der Waals surface area (Å²) in [5.41, 5.74) is 2.45. The Hall–Kier alpha value is -2.66. The maximum absolute atomic E-state index is 12.9. The highest BCUT2D eigenvalue weighted by Crippen LogP contribution is 2.56. The molecule has 1 N–H and O–H groups in total. The van der Waals surface area contributed by atoms with Crippen molar-refractivity contribution in [2.45, 2.75) is 26.2 Å². The molecule has 1 heterocycles. The zero-order valence-corrected chi connectivity index (χ0v) is 16.8. The van der Waals surface area contributed by atoms with Gasteiger partial charge in [-0.3, -0.25) is 19.3 Å². The van der Waals surface area contributed by atoms with Crippen LogP contribution in [0.2, 0.25) is 5.02 Å². The predicted octanol–water partition coefficient (Wildman–Crippen LogP) is 4.44. The van der Waals surface area contributed by atoms with Gasteiger partial charge in [-0.15, -0.1) is 0 Å². The number of anilines is 2. The van der Waals surface area contributed by atoms with Crippen LogP contribution < -0.4 is 10.2 Å². The number of amides is 3. The fourth-order valence-corrected chi connectivity index (χ4v) is 5.54. The molecule has 0 radical (unpaired) electrons. The van der Waals surface area contributed by atoms with Crippen LogP contribution in [0.5, 0.6) is 0 Å².